The average Bonchev–Trinajstić information content (AvgIpc) is 2.55. The van der Waals surface area contributed by atoms with E-state index in [1.807, 2.05) is 23.1 Å². The van der Waals surface area contributed by atoms with Gasteiger partial charge in [0.1, 0.15) is 5.75 Å². The van der Waals surface area contributed by atoms with Crippen LogP contribution in [0.3, 0.4) is 0 Å². The van der Waals surface area contributed by atoms with Crippen molar-refractivity contribution in [3.05, 3.63) is 64.7 Å². The molecule has 0 aliphatic rings. The van der Waals surface area contributed by atoms with Gasteiger partial charge in [-0.2, -0.15) is 8.78 Å². The Kier molecular flexibility index (Phi) is 7.16. The normalized spacial score (nSPS) is 11.0. The second kappa shape index (κ2) is 9.34. The second-order valence-electron chi connectivity index (χ2n) is 5.56. The summed E-state index contributed by atoms with van der Waals surface area (Å²) in [4.78, 5) is 13.8. The zero-order valence-corrected chi connectivity index (χ0v) is 14.5. The Morgan fingerprint density at radius 3 is 2.52 bits per heavy atom. The van der Waals surface area contributed by atoms with Crippen LogP contribution >= 0.6 is 11.6 Å². The number of hydrogen-bond acceptors (Lipinski definition) is 3. The van der Waals surface area contributed by atoms with Crippen LogP contribution in [0, 0.1) is 0 Å². The summed E-state index contributed by atoms with van der Waals surface area (Å²) in [6, 6.07) is 13.7. The molecule has 134 valence electrons. The summed E-state index contributed by atoms with van der Waals surface area (Å²) in [7, 11) is 1.80. The Balaban J connectivity index is 1.78. The molecule has 0 saturated carbocycles. The summed E-state index contributed by atoms with van der Waals surface area (Å²) in [5, 5.41) is 3.43. The number of ether oxygens (including phenoxy) is 1. The predicted octanol–water partition coefficient (Wildman–Crippen LogP) is 3.69. The zero-order valence-electron chi connectivity index (χ0n) is 13.7. The number of likely N-dealkylation sites (N-methyl/N-ethyl adjacent to an activating group) is 1. The minimum absolute atomic E-state index is 0.110. The topological polar surface area (TPSA) is 41.6 Å². The Bertz CT molecular complexity index is 696. The molecule has 0 aliphatic heterocycles. The standard InChI is InChI=1S/C18H19ClF2N2O2/c1-23(11-13-6-8-15(9-7-13)25-18(20)21)12-17(24)22-10-14-4-2-3-5-16(14)19/h2-9,18H,10-12H2,1H3,(H,22,24). The molecule has 0 aromatic heterocycles. The van der Waals surface area contributed by atoms with Crippen molar-refractivity contribution < 1.29 is 18.3 Å². The first kappa shape index (κ1) is 19.1. The third kappa shape index (κ3) is 6.68. The fraction of sp³-hybridized carbons (Fsp3) is 0.278. The lowest BCUT2D eigenvalue weighted by Crippen LogP contribution is -2.34. The summed E-state index contributed by atoms with van der Waals surface area (Å²) in [6.45, 7) is -1.75. The van der Waals surface area contributed by atoms with Gasteiger partial charge in [0, 0.05) is 18.1 Å². The number of amides is 1. The van der Waals surface area contributed by atoms with E-state index in [0.717, 1.165) is 11.1 Å². The van der Waals surface area contributed by atoms with Crippen molar-refractivity contribution in [3.8, 4) is 5.75 Å². The van der Waals surface area contributed by atoms with Gasteiger partial charge in [0.05, 0.1) is 6.54 Å². The van der Waals surface area contributed by atoms with Gasteiger partial charge in [-0.25, -0.2) is 0 Å². The predicted molar refractivity (Wildman–Crippen MR) is 92.7 cm³/mol. The fourth-order valence-corrected chi connectivity index (χ4v) is 2.48. The van der Waals surface area contributed by atoms with Crippen molar-refractivity contribution in [2.75, 3.05) is 13.6 Å². The van der Waals surface area contributed by atoms with Gasteiger partial charge in [0.25, 0.3) is 0 Å². The second-order valence-corrected chi connectivity index (χ2v) is 5.97. The first-order valence-electron chi connectivity index (χ1n) is 7.66. The van der Waals surface area contributed by atoms with E-state index in [4.69, 9.17) is 11.6 Å². The van der Waals surface area contributed by atoms with E-state index >= 15 is 0 Å². The summed E-state index contributed by atoms with van der Waals surface area (Å²) in [5.41, 5.74) is 1.75. The number of nitrogens with zero attached hydrogens (tertiary/aromatic N) is 1. The van der Waals surface area contributed by atoms with Crippen LogP contribution in [0.25, 0.3) is 0 Å². The molecular weight excluding hydrogens is 350 g/mol. The molecule has 2 aromatic carbocycles. The maximum absolute atomic E-state index is 12.1. The van der Waals surface area contributed by atoms with Crippen LogP contribution < -0.4 is 10.1 Å². The van der Waals surface area contributed by atoms with Crippen molar-refractivity contribution >= 4 is 17.5 Å². The summed E-state index contributed by atoms with van der Waals surface area (Å²) < 4.78 is 28.5. The van der Waals surface area contributed by atoms with E-state index in [1.165, 1.54) is 12.1 Å². The van der Waals surface area contributed by atoms with Crippen molar-refractivity contribution in [3.63, 3.8) is 0 Å². The van der Waals surface area contributed by atoms with E-state index < -0.39 is 6.61 Å². The van der Waals surface area contributed by atoms with Crippen molar-refractivity contribution in [2.45, 2.75) is 19.7 Å². The third-order valence-corrected chi connectivity index (χ3v) is 3.82. The van der Waals surface area contributed by atoms with Gasteiger partial charge in [-0.05, 0) is 36.4 Å². The quantitative estimate of drug-likeness (QED) is 0.772. The van der Waals surface area contributed by atoms with E-state index in [0.29, 0.717) is 18.1 Å². The molecule has 0 unspecified atom stereocenters. The summed E-state index contributed by atoms with van der Waals surface area (Å²) in [6.07, 6.45) is 0. The highest BCUT2D eigenvalue weighted by Gasteiger charge is 2.09. The third-order valence-electron chi connectivity index (χ3n) is 3.45. The Hall–Kier alpha value is -2.18. The minimum atomic E-state index is -2.84. The van der Waals surface area contributed by atoms with E-state index in [9.17, 15) is 13.6 Å². The Labute approximate surface area is 150 Å². The van der Waals surface area contributed by atoms with Gasteiger partial charge >= 0.3 is 6.61 Å². The first-order valence-corrected chi connectivity index (χ1v) is 8.04. The molecule has 1 N–H and O–H groups in total. The molecule has 4 nitrogen and oxygen atoms in total. The van der Waals surface area contributed by atoms with Gasteiger partial charge in [-0.1, -0.05) is 41.9 Å². The van der Waals surface area contributed by atoms with Gasteiger partial charge in [0.2, 0.25) is 5.91 Å². The fourth-order valence-electron chi connectivity index (χ4n) is 2.28. The highest BCUT2D eigenvalue weighted by atomic mass is 35.5. The van der Waals surface area contributed by atoms with Gasteiger partial charge in [-0.15, -0.1) is 0 Å². The Morgan fingerprint density at radius 1 is 1.20 bits per heavy atom. The minimum Gasteiger partial charge on any atom is -0.435 e. The molecule has 0 bridgehead atoms. The largest absolute Gasteiger partial charge is 0.435 e. The van der Waals surface area contributed by atoms with Gasteiger partial charge in [0.15, 0.2) is 0 Å². The van der Waals surface area contributed by atoms with Crippen LogP contribution in [0.5, 0.6) is 5.75 Å². The SMILES string of the molecule is CN(CC(=O)NCc1ccccc1Cl)Cc1ccc(OC(F)F)cc1. The maximum atomic E-state index is 12.1. The van der Waals surface area contributed by atoms with Crippen LogP contribution in [-0.2, 0) is 17.9 Å². The number of carbonyl (C=O) groups excluding carboxylic acids is 1. The maximum Gasteiger partial charge on any atom is 0.387 e. The zero-order chi connectivity index (χ0) is 18.2. The van der Waals surface area contributed by atoms with Crippen LogP contribution in [0.2, 0.25) is 5.02 Å². The van der Waals surface area contributed by atoms with Crippen molar-refractivity contribution in [1.29, 1.82) is 0 Å². The van der Waals surface area contributed by atoms with Crippen LogP contribution in [-0.4, -0.2) is 31.0 Å². The molecule has 2 aromatic rings. The monoisotopic (exact) mass is 368 g/mol. The van der Waals surface area contributed by atoms with Crippen LogP contribution in [0.1, 0.15) is 11.1 Å². The van der Waals surface area contributed by atoms with Crippen LogP contribution in [0.15, 0.2) is 48.5 Å². The molecule has 7 heteroatoms. The molecule has 0 aliphatic carbocycles. The van der Waals surface area contributed by atoms with E-state index in [-0.39, 0.29) is 18.2 Å². The number of halogens is 3. The van der Waals surface area contributed by atoms with E-state index in [2.05, 4.69) is 10.1 Å². The molecule has 0 fully saturated rings. The van der Waals surface area contributed by atoms with Gasteiger partial charge in [-0.3, -0.25) is 9.69 Å². The number of benzene rings is 2. The number of carbonyl (C=O) groups is 1. The molecule has 2 rings (SSSR count). The molecule has 0 spiro atoms. The Morgan fingerprint density at radius 2 is 1.88 bits per heavy atom. The number of alkyl halides is 2. The molecule has 25 heavy (non-hydrogen) atoms. The highest BCUT2D eigenvalue weighted by Crippen LogP contribution is 2.16. The first-order chi connectivity index (χ1) is 11.9. The lowest BCUT2D eigenvalue weighted by molar-refractivity contribution is -0.122. The van der Waals surface area contributed by atoms with E-state index in [1.54, 1.807) is 25.2 Å². The van der Waals surface area contributed by atoms with Crippen molar-refractivity contribution in [1.82, 2.24) is 10.2 Å². The molecule has 1 amide bonds. The number of rotatable bonds is 8. The number of nitrogens with one attached hydrogen (secondary N) is 1. The summed E-state index contributed by atoms with van der Waals surface area (Å²) >= 11 is 6.05. The smallest absolute Gasteiger partial charge is 0.387 e. The number of hydrogen-bond donors (Lipinski definition) is 1. The summed E-state index contributed by atoms with van der Waals surface area (Å²) in [5.74, 6) is -0.0149. The lowest BCUT2D eigenvalue weighted by Gasteiger charge is -2.17. The molecular formula is C18H19ClF2N2O2. The molecule has 0 saturated heterocycles. The lowest BCUT2D eigenvalue weighted by atomic mass is 10.2. The molecule has 0 heterocycles. The highest BCUT2D eigenvalue weighted by molar-refractivity contribution is 6.31. The van der Waals surface area contributed by atoms with Crippen LogP contribution in [0.4, 0.5) is 8.78 Å². The van der Waals surface area contributed by atoms with Crippen molar-refractivity contribution in [2.24, 2.45) is 0 Å². The average molecular weight is 369 g/mol. The molecule has 0 radical (unpaired) electrons. The van der Waals surface area contributed by atoms with Gasteiger partial charge < -0.3 is 10.1 Å². The molecule has 0 atom stereocenters.